The summed E-state index contributed by atoms with van der Waals surface area (Å²) in [4.78, 5) is 26.0. The van der Waals surface area contributed by atoms with Gasteiger partial charge in [0.15, 0.2) is 6.10 Å². The number of aryl methyl sites for hydroxylation is 2. The molecule has 0 radical (unpaired) electrons. The smallest absolute Gasteiger partial charge is 0.349 e. The summed E-state index contributed by atoms with van der Waals surface area (Å²) in [5.41, 5.74) is 1.51. The molecule has 0 saturated carbocycles. The quantitative estimate of drug-likeness (QED) is 0.646. The van der Waals surface area contributed by atoms with Crippen LogP contribution in [0.3, 0.4) is 0 Å². The lowest BCUT2D eigenvalue weighted by molar-refractivity contribution is -0.123. The number of nitrogens with zero attached hydrogens (tertiary/aromatic N) is 3. The minimum absolute atomic E-state index is 0.215. The molecule has 1 atom stereocenters. The van der Waals surface area contributed by atoms with Gasteiger partial charge in [-0.3, -0.25) is 14.8 Å². The zero-order valence-electron chi connectivity index (χ0n) is 15.9. The van der Waals surface area contributed by atoms with Crippen molar-refractivity contribution in [1.82, 2.24) is 14.9 Å². The van der Waals surface area contributed by atoms with Crippen LogP contribution in [0.4, 0.5) is 5.88 Å². The van der Waals surface area contributed by atoms with Gasteiger partial charge in [-0.25, -0.2) is 4.79 Å². The summed E-state index contributed by atoms with van der Waals surface area (Å²) in [5.74, 6) is -0.369. The molecule has 3 aromatic rings. The Hall–Kier alpha value is -2.68. The first kappa shape index (κ1) is 19.1. The Bertz CT molecular complexity index is 985. The molecule has 3 heterocycles. The number of carbonyl (C=O) groups is 2. The number of nitrogens with one attached hydrogen (secondary N) is 1. The molecular formula is C18H22N4O4S. The predicted molar refractivity (Wildman–Crippen MR) is 102 cm³/mol. The summed E-state index contributed by atoms with van der Waals surface area (Å²) in [6.07, 6.45) is -0.971. The number of hydrogen-bond donors (Lipinski definition) is 1. The number of thiophene rings is 1. The monoisotopic (exact) mass is 390 g/mol. The van der Waals surface area contributed by atoms with Gasteiger partial charge in [-0.2, -0.15) is 5.10 Å². The van der Waals surface area contributed by atoms with Crippen LogP contribution in [0.1, 0.15) is 41.8 Å². The van der Waals surface area contributed by atoms with Gasteiger partial charge in [-0.05, 0) is 32.8 Å². The van der Waals surface area contributed by atoms with E-state index >= 15 is 0 Å². The minimum Gasteiger partial charge on any atom is -0.448 e. The number of rotatable bonds is 6. The highest BCUT2D eigenvalue weighted by molar-refractivity contribution is 7.20. The van der Waals surface area contributed by atoms with Crippen molar-refractivity contribution in [2.75, 3.05) is 5.32 Å². The van der Waals surface area contributed by atoms with Crippen LogP contribution in [0.5, 0.6) is 0 Å². The third-order valence-electron chi connectivity index (χ3n) is 3.87. The largest absolute Gasteiger partial charge is 0.448 e. The van der Waals surface area contributed by atoms with Gasteiger partial charge in [0.1, 0.15) is 9.71 Å². The van der Waals surface area contributed by atoms with Gasteiger partial charge < -0.3 is 9.26 Å². The van der Waals surface area contributed by atoms with E-state index in [1.165, 1.54) is 18.3 Å². The first-order valence-corrected chi connectivity index (χ1v) is 9.48. The summed E-state index contributed by atoms with van der Waals surface area (Å²) < 4.78 is 12.2. The number of fused-ring (bicyclic) bond motifs is 1. The Morgan fingerprint density at radius 1 is 1.30 bits per heavy atom. The molecule has 1 amide bonds. The Morgan fingerprint density at radius 2 is 2.04 bits per heavy atom. The Balaban J connectivity index is 1.70. The standard InChI is InChI=1S/C18H22N4O4S/c1-9(2)8-22-17-13(11(4)20-22)7-14(27-17)18(24)25-12(5)16(23)19-15-6-10(3)21-26-15/h6-7,9,12H,8H2,1-5H3,(H,19,23). The number of ether oxygens (including phenoxy) is 1. The highest BCUT2D eigenvalue weighted by atomic mass is 32.1. The van der Waals surface area contributed by atoms with Crippen LogP contribution in [-0.2, 0) is 16.1 Å². The van der Waals surface area contributed by atoms with Crippen LogP contribution in [0.2, 0.25) is 0 Å². The van der Waals surface area contributed by atoms with Crippen molar-refractivity contribution in [3.63, 3.8) is 0 Å². The molecule has 0 fully saturated rings. The van der Waals surface area contributed by atoms with Crippen molar-refractivity contribution < 1.29 is 18.8 Å². The fraction of sp³-hybridized carbons (Fsp3) is 0.444. The van der Waals surface area contributed by atoms with Crippen molar-refractivity contribution in [3.05, 3.63) is 28.4 Å². The van der Waals surface area contributed by atoms with Gasteiger partial charge in [0.2, 0.25) is 5.88 Å². The second-order valence-electron chi connectivity index (χ2n) is 6.86. The van der Waals surface area contributed by atoms with E-state index in [9.17, 15) is 9.59 Å². The molecule has 1 unspecified atom stereocenters. The zero-order chi connectivity index (χ0) is 19.7. The lowest BCUT2D eigenvalue weighted by atomic mass is 10.2. The van der Waals surface area contributed by atoms with Gasteiger partial charge in [0.05, 0.1) is 11.4 Å². The molecule has 144 valence electrons. The number of esters is 1. The van der Waals surface area contributed by atoms with Crippen LogP contribution >= 0.6 is 11.3 Å². The fourth-order valence-corrected chi connectivity index (χ4v) is 3.65. The van der Waals surface area contributed by atoms with Crippen LogP contribution in [-0.4, -0.2) is 32.9 Å². The van der Waals surface area contributed by atoms with Crippen molar-refractivity contribution >= 4 is 39.3 Å². The Labute approximate surface area is 160 Å². The summed E-state index contributed by atoms with van der Waals surface area (Å²) in [5, 5.41) is 11.7. The van der Waals surface area contributed by atoms with Crippen LogP contribution < -0.4 is 5.32 Å². The van der Waals surface area contributed by atoms with Crippen LogP contribution in [0.25, 0.3) is 10.2 Å². The molecule has 3 rings (SSSR count). The molecular weight excluding hydrogens is 368 g/mol. The molecule has 0 aliphatic carbocycles. The van der Waals surface area contributed by atoms with Crippen LogP contribution in [0, 0.1) is 19.8 Å². The van der Waals surface area contributed by atoms with Gasteiger partial charge in [0, 0.05) is 18.0 Å². The van der Waals surface area contributed by atoms with E-state index < -0.39 is 18.0 Å². The van der Waals surface area contributed by atoms with Gasteiger partial charge in [-0.1, -0.05) is 19.0 Å². The molecule has 8 nitrogen and oxygen atoms in total. The van der Waals surface area contributed by atoms with E-state index in [-0.39, 0.29) is 5.88 Å². The van der Waals surface area contributed by atoms with E-state index in [0.29, 0.717) is 16.5 Å². The zero-order valence-corrected chi connectivity index (χ0v) is 16.7. The third kappa shape index (κ3) is 4.19. The van der Waals surface area contributed by atoms with Crippen molar-refractivity contribution in [3.8, 4) is 0 Å². The summed E-state index contributed by atoms with van der Waals surface area (Å²) in [6.45, 7) is 10.2. The maximum Gasteiger partial charge on any atom is 0.349 e. The van der Waals surface area contributed by atoms with Crippen molar-refractivity contribution in [2.45, 2.75) is 47.3 Å². The molecule has 0 bridgehead atoms. The second-order valence-corrected chi connectivity index (χ2v) is 7.89. The number of anilines is 1. The minimum atomic E-state index is -0.971. The molecule has 1 N–H and O–H groups in total. The van der Waals surface area contributed by atoms with E-state index in [1.54, 1.807) is 19.1 Å². The summed E-state index contributed by atoms with van der Waals surface area (Å²) >= 11 is 1.32. The van der Waals surface area contributed by atoms with Crippen molar-refractivity contribution in [2.24, 2.45) is 5.92 Å². The summed E-state index contributed by atoms with van der Waals surface area (Å²) in [6, 6.07) is 3.35. The number of hydrogen-bond acceptors (Lipinski definition) is 7. The van der Waals surface area contributed by atoms with Gasteiger partial charge in [0.25, 0.3) is 5.91 Å². The average molecular weight is 390 g/mol. The predicted octanol–water partition coefficient (Wildman–Crippen LogP) is 3.54. The van der Waals surface area contributed by atoms with Crippen LogP contribution in [0.15, 0.2) is 16.7 Å². The first-order valence-electron chi connectivity index (χ1n) is 8.66. The molecule has 9 heteroatoms. The lowest BCUT2D eigenvalue weighted by Crippen LogP contribution is -2.29. The highest BCUT2D eigenvalue weighted by Gasteiger charge is 2.23. The maximum atomic E-state index is 12.5. The summed E-state index contributed by atoms with van der Waals surface area (Å²) in [7, 11) is 0. The molecule has 0 aromatic carbocycles. The normalized spacial score (nSPS) is 12.5. The maximum absolute atomic E-state index is 12.5. The van der Waals surface area contributed by atoms with Gasteiger partial charge in [-0.15, -0.1) is 11.3 Å². The molecule has 27 heavy (non-hydrogen) atoms. The second kappa shape index (κ2) is 7.51. The molecule has 3 aromatic heterocycles. The van der Waals surface area contributed by atoms with E-state index in [1.807, 2.05) is 11.6 Å². The fourth-order valence-electron chi connectivity index (χ4n) is 2.60. The van der Waals surface area contributed by atoms with Gasteiger partial charge >= 0.3 is 5.97 Å². The first-order chi connectivity index (χ1) is 12.7. The molecule has 0 aliphatic heterocycles. The average Bonchev–Trinajstić information content (AvgIpc) is 3.25. The number of aromatic nitrogens is 3. The van der Waals surface area contributed by atoms with E-state index in [2.05, 4.69) is 29.4 Å². The number of carbonyl (C=O) groups excluding carboxylic acids is 2. The van der Waals surface area contributed by atoms with E-state index in [4.69, 9.17) is 9.26 Å². The Morgan fingerprint density at radius 3 is 2.67 bits per heavy atom. The molecule has 0 spiro atoms. The van der Waals surface area contributed by atoms with E-state index in [0.717, 1.165) is 22.5 Å². The molecule has 0 aliphatic rings. The third-order valence-corrected chi connectivity index (χ3v) is 5.00. The molecule has 0 saturated heterocycles. The topological polar surface area (TPSA) is 99.2 Å². The lowest BCUT2D eigenvalue weighted by Gasteiger charge is -2.11. The Kier molecular flexibility index (Phi) is 5.31. The van der Waals surface area contributed by atoms with Crippen molar-refractivity contribution in [1.29, 1.82) is 0 Å². The number of amides is 1. The highest BCUT2D eigenvalue weighted by Crippen LogP contribution is 2.29. The SMILES string of the molecule is Cc1cc(NC(=O)C(C)OC(=O)c2cc3c(C)nn(CC(C)C)c3s2)on1.